The van der Waals surface area contributed by atoms with Crippen LogP contribution in [0.5, 0.6) is 0 Å². The van der Waals surface area contributed by atoms with E-state index in [1.54, 1.807) is 0 Å². The first kappa shape index (κ1) is 15.4. The molecule has 21 heavy (non-hydrogen) atoms. The van der Waals surface area contributed by atoms with Crippen molar-refractivity contribution < 1.29 is 9.84 Å². The summed E-state index contributed by atoms with van der Waals surface area (Å²) >= 11 is 2.03. The third-order valence-electron chi connectivity index (χ3n) is 5.38. The van der Waals surface area contributed by atoms with Crippen molar-refractivity contribution >= 4 is 11.8 Å². The first-order valence-corrected chi connectivity index (χ1v) is 9.19. The molecule has 1 spiro atoms. The number of benzene rings is 1. The molecule has 0 amide bonds. The maximum Gasteiger partial charge on any atom is 0.0901 e. The standard InChI is InChI=1S/C18H26O2S/c1-14-5-3-4-6-16(14)17(2,19)15-7-10-20-18(13-15)8-11-21-12-9-18/h3-6,15,19H,7-13H2,1-2H3. The fourth-order valence-electron chi connectivity index (χ4n) is 3.96. The summed E-state index contributed by atoms with van der Waals surface area (Å²) in [5.74, 6) is 2.67. The molecule has 2 aliphatic heterocycles. The molecule has 116 valence electrons. The zero-order chi connectivity index (χ0) is 14.9. The zero-order valence-electron chi connectivity index (χ0n) is 13.1. The summed E-state index contributed by atoms with van der Waals surface area (Å²) in [6, 6.07) is 8.24. The Bertz CT molecular complexity index is 486. The predicted octanol–water partition coefficient (Wildman–Crippen LogP) is 3.89. The number of thioether (sulfide) groups is 1. The molecule has 3 rings (SSSR count). The second-order valence-corrected chi connectivity index (χ2v) is 8.02. The summed E-state index contributed by atoms with van der Waals surface area (Å²) in [6.45, 7) is 4.88. The number of ether oxygens (including phenoxy) is 1. The summed E-state index contributed by atoms with van der Waals surface area (Å²) in [7, 11) is 0. The van der Waals surface area contributed by atoms with Crippen LogP contribution in [0.2, 0.25) is 0 Å². The van der Waals surface area contributed by atoms with Crippen LogP contribution in [0.4, 0.5) is 0 Å². The largest absolute Gasteiger partial charge is 0.385 e. The minimum Gasteiger partial charge on any atom is -0.385 e. The number of rotatable bonds is 2. The molecule has 2 unspecified atom stereocenters. The second-order valence-electron chi connectivity index (χ2n) is 6.80. The maximum absolute atomic E-state index is 11.2. The SMILES string of the molecule is Cc1ccccc1C(C)(O)C1CCOC2(CCSCC2)C1. The van der Waals surface area contributed by atoms with E-state index in [4.69, 9.17) is 4.74 Å². The van der Waals surface area contributed by atoms with Crippen molar-refractivity contribution in [1.29, 1.82) is 0 Å². The molecule has 2 nitrogen and oxygen atoms in total. The van der Waals surface area contributed by atoms with E-state index in [1.807, 2.05) is 30.8 Å². The molecule has 0 radical (unpaired) electrons. The van der Waals surface area contributed by atoms with Crippen molar-refractivity contribution in [3.05, 3.63) is 35.4 Å². The lowest BCUT2D eigenvalue weighted by atomic mass is 9.71. The van der Waals surface area contributed by atoms with Crippen LogP contribution in [0, 0.1) is 12.8 Å². The summed E-state index contributed by atoms with van der Waals surface area (Å²) in [5.41, 5.74) is 1.53. The lowest BCUT2D eigenvalue weighted by Crippen LogP contribution is -2.48. The molecule has 0 bridgehead atoms. The van der Waals surface area contributed by atoms with Gasteiger partial charge in [-0.25, -0.2) is 0 Å². The van der Waals surface area contributed by atoms with E-state index in [0.717, 1.165) is 37.9 Å². The molecule has 1 N–H and O–H groups in total. The van der Waals surface area contributed by atoms with Gasteiger partial charge < -0.3 is 9.84 Å². The summed E-state index contributed by atoms with van der Waals surface area (Å²) in [6.07, 6.45) is 4.22. The van der Waals surface area contributed by atoms with Crippen LogP contribution < -0.4 is 0 Å². The molecule has 2 atom stereocenters. The molecule has 0 aromatic heterocycles. The van der Waals surface area contributed by atoms with Gasteiger partial charge in [-0.05, 0) is 68.1 Å². The average Bonchev–Trinajstić information content (AvgIpc) is 2.48. The van der Waals surface area contributed by atoms with Gasteiger partial charge in [0.05, 0.1) is 11.2 Å². The van der Waals surface area contributed by atoms with Gasteiger partial charge in [0.25, 0.3) is 0 Å². The third kappa shape index (κ3) is 3.01. The maximum atomic E-state index is 11.2. The van der Waals surface area contributed by atoms with Crippen molar-refractivity contribution in [2.75, 3.05) is 18.1 Å². The number of aliphatic hydroxyl groups is 1. The van der Waals surface area contributed by atoms with Crippen molar-refractivity contribution in [2.45, 2.75) is 50.7 Å². The van der Waals surface area contributed by atoms with Crippen LogP contribution in [-0.4, -0.2) is 28.8 Å². The van der Waals surface area contributed by atoms with Crippen LogP contribution in [0.15, 0.2) is 24.3 Å². The Kier molecular flexibility index (Phi) is 4.35. The Balaban J connectivity index is 1.83. The van der Waals surface area contributed by atoms with Crippen molar-refractivity contribution in [1.82, 2.24) is 0 Å². The fraction of sp³-hybridized carbons (Fsp3) is 0.667. The normalized spacial score (nSPS) is 28.2. The van der Waals surface area contributed by atoms with Crippen LogP contribution in [0.1, 0.15) is 43.7 Å². The third-order valence-corrected chi connectivity index (χ3v) is 6.37. The van der Waals surface area contributed by atoms with Gasteiger partial charge in [0.15, 0.2) is 0 Å². The summed E-state index contributed by atoms with van der Waals surface area (Å²) < 4.78 is 6.17. The van der Waals surface area contributed by atoms with Gasteiger partial charge in [0.1, 0.15) is 0 Å². The Hall–Kier alpha value is -0.510. The minimum absolute atomic E-state index is 0.0286. The van der Waals surface area contributed by atoms with Gasteiger partial charge >= 0.3 is 0 Å². The molecule has 2 saturated heterocycles. The van der Waals surface area contributed by atoms with Gasteiger partial charge in [-0.3, -0.25) is 0 Å². The molecule has 0 aliphatic carbocycles. The quantitative estimate of drug-likeness (QED) is 0.899. The highest BCUT2D eigenvalue weighted by molar-refractivity contribution is 7.99. The fourth-order valence-corrected chi connectivity index (χ4v) is 5.20. The summed E-state index contributed by atoms with van der Waals surface area (Å²) in [4.78, 5) is 0. The predicted molar refractivity (Wildman–Crippen MR) is 88.7 cm³/mol. The lowest BCUT2D eigenvalue weighted by Gasteiger charge is -2.47. The molecule has 1 aromatic carbocycles. The number of hydrogen-bond donors (Lipinski definition) is 1. The molecule has 2 fully saturated rings. The molecule has 2 heterocycles. The van der Waals surface area contributed by atoms with Crippen LogP contribution in [0.3, 0.4) is 0 Å². The Labute approximate surface area is 132 Å². The van der Waals surface area contributed by atoms with E-state index in [2.05, 4.69) is 19.1 Å². The Morgan fingerprint density at radius 3 is 2.71 bits per heavy atom. The smallest absolute Gasteiger partial charge is 0.0901 e. The van der Waals surface area contributed by atoms with Gasteiger partial charge in [0.2, 0.25) is 0 Å². The first-order chi connectivity index (χ1) is 10.0. The van der Waals surface area contributed by atoms with E-state index in [-0.39, 0.29) is 11.5 Å². The Morgan fingerprint density at radius 1 is 1.29 bits per heavy atom. The monoisotopic (exact) mass is 306 g/mol. The number of hydrogen-bond acceptors (Lipinski definition) is 3. The number of aryl methyl sites for hydroxylation is 1. The highest BCUT2D eigenvalue weighted by Crippen LogP contribution is 2.46. The van der Waals surface area contributed by atoms with Crippen molar-refractivity contribution in [3.63, 3.8) is 0 Å². The topological polar surface area (TPSA) is 29.5 Å². The van der Waals surface area contributed by atoms with E-state index >= 15 is 0 Å². The molecule has 1 aromatic rings. The van der Waals surface area contributed by atoms with Gasteiger partial charge in [-0.1, -0.05) is 24.3 Å². The highest BCUT2D eigenvalue weighted by atomic mass is 32.2. The molecular weight excluding hydrogens is 280 g/mol. The molecule has 0 saturated carbocycles. The molecule has 2 aliphatic rings. The Morgan fingerprint density at radius 2 is 2.00 bits per heavy atom. The van der Waals surface area contributed by atoms with Gasteiger partial charge in [-0.2, -0.15) is 11.8 Å². The van der Waals surface area contributed by atoms with Crippen LogP contribution >= 0.6 is 11.8 Å². The van der Waals surface area contributed by atoms with E-state index in [1.165, 1.54) is 17.1 Å². The van der Waals surface area contributed by atoms with Crippen LogP contribution in [-0.2, 0) is 10.3 Å². The van der Waals surface area contributed by atoms with E-state index in [9.17, 15) is 5.11 Å². The molecular formula is C18H26O2S. The summed E-state index contributed by atoms with van der Waals surface area (Å²) in [5, 5.41) is 11.2. The van der Waals surface area contributed by atoms with E-state index in [0.29, 0.717) is 0 Å². The van der Waals surface area contributed by atoms with Crippen LogP contribution in [0.25, 0.3) is 0 Å². The molecule has 3 heteroatoms. The van der Waals surface area contributed by atoms with Crippen molar-refractivity contribution in [2.24, 2.45) is 5.92 Å². The minimum atomic E-state index is -0.757. The second kappa shape index (κ2) is 5.94. The lowest BCUT2D eigenvalue weighted by molar-refractivity contribution is -0.144. The first-order valence-electron chi connectivity index (χ1n) is 8.04. The van der Waals surface area contributed by atoms with Gasteiger partial charge in [0, 0.05) is 6.61 Å². The zero-order valence-corrected chi connectivity index (χ0v) is 13.9. The van der Waals surface area contributed by atoms with E-state index < -0.39 is 5.60 Å². The van der Waals surface area contributed by atoms with Crippen molar-refractivity contribution in [3.8, 4) is 0 Å². The highest BCUT2D eigenvalue weighted by Gasteiger charge is 2.45. The average molecular weight is 306 g/mol. The van der Waals surface area contributed by atoms with Gasteiger partial charge in [-0.15, -0.1) is 0 Å².